The Hall–Kier alpha value is -4.32. The maximum absolute atomic E-state index is 14.7. The third-order valence-electron chi connectivity index (χ3n) is 8.17. The summed E-state index contributed by atoms with van der Waals surface area (Å²) in [5.74, 6) is -3.19. The highest BCUT2D eigenvalue weighted by Crippen LogP contribution is 2.33. The van der Waals surface area contributed by atoms with Crippen LogP contribution in [0.5, 0.6) is 17.2 Å². The SMILES string of the molecule is CC[C@H](C)[C@@H]1NC(=O)[C@H]([C@@H](C)O)NC(=O)CCCN(S(=O)(=O)N(C)C)CCNC(=O)c2ccc(OC)c(c2)Oc2cc(F)cc(c2)CNC1=O. The summed E-state index contributed by atoms with van der Waals surface area (Å²) in [7, 11) is 0.143. The van der Waals surface area contributed by atoms with E-state index in [1.807, 2.05) is 6.92 Å². The first kappa shape index (κ1) is 40.1. The summed E-state index contributed by atoms with van der Waals surface area (Å²) in [4.78, 5) is 52.7. The highest BCUT2D eigenvalue weighted by molar-refractivity contribution is 7.86. The van der Waals surface area contributed by atoms with E-state index in [2.05, 4.69) is 21.3 Å². The van der Waals surface area contributed by atoms with Gasteiger partial charge in [-0.1, -0.05) is 20.3 Å². The molecule has 17 heteroatoms. The van der Waals surface area contributed by atoms with Crippen LogP contribution in [0.25, 0.3) is 0 Å². The lowest BCUT2D eigenvalue weighted by Crippen LogP contribution is -2.58. The smallest absolute Gasteiger partial charge is 0.281 e. The highest BCUT2D eigenvalue weighted by Gasteiger charge is 2.32. The molecule has 15 nitrogen and oxygen atoms in total. The summed E-state index contributed by atoms with van der Waals surface area (Å²) in [6, 6.07) is 5.70. The number of aliphatic hydroxyl groups is 1. The number of benzene rings is 2. The molecule has 1 heterocycles. The third kappa shape index (κ3) is 10.8. The van der Waals surface area contributed by atoms with Crippen molar-refractivity contribution in [3.63, 3.8) is 0 Å². The summed E-state index contributed by atoms with van der Waals surface area (Å²) in [6.07, 6.45) is -0.982. The predicted octanol–water partition coefficient (Wildman–Crippen LogP) is 1.27. The van der Waals surface area contributed by atoms with Gasteiger partial charge in [0.15, 0.2) is 11.5 Å². The van der Waals surface area contributed by atoms with Gasteiger partial charge in [-0.05, 0) is 55.2 Å². The number of aliphatic hydroxyl groups excluding tert-OH is 1. The van der Waals surface area contributed by atoms with Crippen LogP contribution in [0.4, 0.5) is 4.39 Å². The van der Waals surface area contributed by atoms with Crippen molar-refractivity contribution in [2.45, 2.75) is 64.8 Å². The maximum atomic E-state index is 14.7. The molecule has 3 rings (SSSR count). The number of ether oxygens (including phenoxy) is 2. The molecular weight excluding hydrogens is 675 g/mol. The molecule has 1 aliphatic rings. The topological polar surface area (TPSA) is 196 Å². The molecule has 276 valence electrons. The molecule has 5 N–H and O–H groups in total. The number of hydrogen-bond donors (Lipinski definition) is 5. The van der Waals surface area contributed by atoms with Gasteiger partial charge in [0.25, 0.3) is 16.1 Å². The van der Waals surface area contributed by atoms with Gasteiger partial charge in [-0.15, -0.1) is 0 Å². The van der Waals surface area contributed by atoms with Gasteiger partial charge in [-0.3, -0.25) is 19.2 Å². The molecule has 0 unspecified atom stereocenters. The van der Waals surface area contributed by atoms with Gasteiger partial charge in [0.1, 0.15) is 23.7 Å². The van der Waals surface area contributed by atoms with Crippen molar-refractivity contribution in [1.82, 2.24) is 29.9 Å². The predicted molar refractivity (Wildman–Crippen MR) is 182 cm³/mol. The summed E-state index contributed by atoms with van der Waals surface area (Å²) in [6.45, 7) is 4.45. The van der Waals surface area contributed by atoms with Gasteiger partial charge >= 0.3 is 0 Å². The largest absolute Gasteiger partial charge is 0.493 e. The fraction of sp³-hybridized carbons (Fsp3) is 0.515. The fourth-order valence-corrected chi connectivity index (χ4v) is 6.23. The van der Waals surface area contributed by atoms with Crippen molar-refractivity contribution in [3.05, 3.63) is 53.3 Å². The van der Waals surface area contributed by atoms with Crippen molar-refractivity contribution < 1.29 is 46.6 Å². The lowest BCUT2D eigenvalue weighted by atomic mass is 9.97. The minimum Gasteiger partial charge on any atom is -0.493 e. The molecule has 0 fully saturated rings. The number of nitrogens with zero attached hydrogens (tertiary/aromatic N) is 2. The quantitative estimate of drug-likeness (QED) is 0.292. The minimum atomic E-state index is -3.96. The standard InChI is InChI=1S/C33H47FN6O9S/c1-7-20(2)29-32(44)36-19-22-15-24(34)18-25(16-22)49-27-17-23(10-11-26(27)48-6)31(43)35-12-14-40(50(46,47)39(4)5)13-8-9-28(42)37-30(21(3)41)33(45)38-29/h10-11,15-18,20-21,29-30,41H,7-9,12-14,19H2,1-6H3,(H,35,43)(H,36,44)(H,37,42)(H,38,45)/t20-,21+,29-,30-/m0/s1. The number of halogens is 1. The number of methoxy groups -OCH3 is 1. The van der Waals surface area contributed by atoms with Crippen molar-refractivity contribution in [1.29, 1.82) is 0 Å². The van der Waals surface area contributed by atoms with E-state index >= 15 is 0 Å². The zero-order valence-corrected chi connectivity index (χ0v) is 29.9. The van der Waals surface area contributed by atoms with Crippen LogP contribution in [0.1, 0.15) is 56.0 Å². The molecular formula is C33H47FN6O9S. The molecule has 2 aromatic carbocycles. The van der Waals surface area contributed by atoms with E-state index in [1.54, 1.807) is 6.92 Å². The van der Waals surface area contributed by atoms with E-state index in [0.717, 1.165) is 14.7 Å². The van der Waals surface area contributed by atoms with Crippen molar-refractivity contribution in [2.24, 2.45) is 5.92 Å². The fourth-order valence-electron chi connectivity index (χ4n) is 5.09. The van der Waals surface area contributed by atoms with Crippen LogP contribution in [0.2, 0.25) is 0 Å². The number of hydrogen-bond acceptors (Lipinski definition) is 9. The number of fused-ring (bicyclic) bond motifs is 4. The van der Waals surface area contributed by atoms with Gasteiger partial charge < -0.3 is 35.8 Å². The van der Waals surface area contributed by atoms with Crippen LogP contribution in [0.15, 0.2) is 36.4 Å². The van der Waals surface area contributed by atoms with Gasteiger partial charge in [0.05, 0.1) is 13.2 Å². The monoisotopic (exact) mass is 722 g/mol. The van der Waals surface area contributed by atoms with Crippen LogP contribution in [-0.2, 0) is 31.1 Å². The molecule has 0 spiro atoms. The second kappa shape index (κ2) is 18.1. The van der Waals surface area contributed by atoms with E-state index in [9.17, 15) is 37.1 Å². The van der Waals surface area contributed by atoms with Crippen molar-refractivity contribution >= 4 is 33.8 Å². The Morgan fingerprint density at radius 2 is 1.74 bits per heavy atom. The third-order valence-corrected chi connectivity index (χ3v) is 10.1. The summed E-state index contributed by atoms with van der Waals surface area (Å²) in [5.41, 5.74) is 0.486. The van der Waals surface area contributed by atoms with E-state index in [4.69, 9.17) is 9.47 Å². The molecule has 0 aromatic heterocycles. The van der Waals surface area contributed by atoms with Crippen molar-refractivity contribution in [3.8, 4) is 17.2 Å². The van der Waals surface area contributed by atoms with Crippen molar-refractivity contribution in [2.75, 3.05) is 40.8 Å². The first-order valence-electron chi connectivity index (χ1n) is 16.2. The molecule has 0 saturated carbocycles. The molecule has 4 amide bonds. The number of rotatable bonds is 6. The van der Waals surface area contributed by atoms with E-state index in [-0.39, 0.29) is 67.8 Å². The van der Waals surface area contributed by atoms with Gasteiger partial charge in [0.2, 0.25) is 17.7 Å². The summed E-state index contributed by atoms with van der Waals surface area (Å²) < 4.78 is 54.3. The highest BCUT2D eigenvalue weighted by atomic mass is 32.2. The first-order valence-corrected chi connectivity index (χ1v) is 17.6. The molecule has 0 saturated heterocycles. The van der Waals surface area contributed by atoms with Crippen LogP contribution in [0.3, 0.4) is 0 Å². The minimum absolute atomic E-state index is 0.0476. The zero-order valence-electron chi connectivity index (χ0n) is 29.1. The average molecular weight is 723 g/mol. The zero-order chi connectivity index (χ0) is 37.2. The Balaban J connectivity index is 2.00. The van der Waals surface area contributed by atoms with Crippen LogP contribution >= 0.6 is 0 Å². The lowest BCUT2D eigenvalue weighted by Gasteiger charge is -2.28. The Bertz CT molecular complexity index is 1640. The van der Waals surface area contributed by atoms with Gasteiger partial charge in [0, 0.05) is 58.3 Å². The average Bonchev–Trinajstić information content (AvgIpc) is 3.06. The Kier molecular flexibility index (Phi) is 14.5. The van der Waals surface area contributed by atoms with E-state index < -0.39 is 57.8 Å². The number of amides is 4. The molecule has 4 atom stereocenters. The molecule has 0 aliphatic carbocycles. The second-order valence-corrected chi connectivity index (χ2v) is 14.3. The van der Waals surface area contributed by atoms with Gasteiger partial charge in [-0.25, -0.2) is 4.39 Å². The molecule has 4 bridgehead atoms. The Morgan fingerprint density at radius 3 is 2.38 bits per heavy atom. The normalized spacial score (nSPS) is 20.7. The Morgan fingerprint density at radius 1 is 1.02 bits per heavy atom. The lowest BCUT2D eigenvalue weighted by molar-refractivity contribution is -0.135. The second-order valence-electron chi connectivity index (χ2n) is 12.2. The van der Waals surface area contributed by atoms with Crippen LogP contribution < -0.4 is 30.7 Å². The molecule has 0 radical (unpaired) electrons. The molecule has 50 heavy (non-hydrogen) atoms. The summed E-state index contributed by atoms with van der Waals surface area (Å²) in [5, 5.41) is 20.9. The molecule has 2 aromatic rings. The van der Waals surface area contributed by atoms with Gasteiger partial charge in [-0.2, -0.15) is 17.0 Å². The number of nitrogens with one attached hydrogen (secondary N) is 4. The maximum Gasteiger partial charge on any atom is 0.281 e. The van der Waals surface area contributed by atoms with E-state index in [0.29, 0.717) is 12.0 Å². The van der Waals surface area contributed by atoms with Crippen LogP contribution in [0, 0.1) is 11.7 Å². The molecule has 1 aliphatic heterocycles. The van der Waals surface area contributed by atoms with E-state index in [1.165, 1.54) is 58.5 Å². The van der Waals surface area contributed by atoms with Crippen LogP contribution in [-0.4, -0.2) is 105 Å². The number of carbonyl (C=O) groups excluding carboxylic acids is 4. The number of carbonyl (C=O) groups is 4. The Labute approximate surface area is 292 Å². The summed E-state index contributed by atoms with van der Waals surface area (Å²) >= 11 is 0. The first-order chi connectivity index (χ1) is 23.6.